The molecule has 4 saturated carbocycles. The molecule has 4 aliphatic carbocycles. The summed E-state index contributed by atoms with van der Waals surface area (Å²) in [6.45, 7) is 0. The molecule has 23 heavy (non-hydrogen) atoms. The molecule has 4 fully saturated rings. The average molecular weight is 337 g/mol. The molecule has 0 aromatic heterocycles. The van der Waals surface area contributed by atoms with Gasteiger partial charge in [0.05, 0.1) is 21.7 Å². The predicted molar refractivity (Wildman–Crippen MR) is 97.4 cm³/mol. The maximum Gasteiger partial charge on any atom is 0.0822 e. The van der Waals surface area contributed by atoms with E-state index in [2.05, 4.69) is 0 Å². The minimum Gasteiger partial charge on any atom is -0.382 e. The molecular weight excluding hydrogens is 300 g/mol. The fourth-order valence-electron chi connectivity index (χ4n) is 6.30. The van der Waals surface area contributed by atoms with E-state index in [1.807, 2.05) is 0 Å². The molecule has 0 saturated heterocycles. The van der Waals surface area contributed by atoms with Crippen LogP contribution in [0.15, 0.2) is 0 Å². The molecule has 0 amide bonds. The van der Waals surface area contributed by atoms with E-state index in [9.17, 15) is 0 Å². The highest BCUT2D eigenvalue weighted by molar-refractivity contribution is 6.34. The third-order valence-electron chi connectivity index (χ3n) is 7.49. The maximum atomic E-state index is 6.33. The van der Waals surface area contributed by atoms with E-state index in [4.69, 9.17) is 9.47 Å². The molecule has 6 atom stereocenters. The molecule has 0 N–H and O–H groups in total. The van der Waals surface area contributed by atoms with Gasteiger partial charge >= 0.3 is 0 Å². The van der Waals surface area contributed by atoms with Crippen molar-refractivity contribution in [1.29, 1.82) is 0 Å². The molecule has 4 aliphatic rings. The van der Waals surface area contributed by atoms with Crippen LogP contribution in [0.3, 0.4) is 0 Å². The number of fused-ring (bicyclic) bond motifs is 2. The van der Waals surface area contributed by atoms with Gasteiger partial charge in [0, 0.05) is 12.5 Å². The topological polar surface area (TPSA) is 18.5 Å². The van der Waals surface area contributed by atoms with Crippen molar-refractivity contribution in [2.45, 2.75) is 89.3 Å². The summed E-state index contributed by atoms with van der Waals surface area (Å²) in [5, 5.41) is 0. The van der Waals surface area contributed by atoms with Crippen LogP contribution in [0.5, 0.6) is 0 Å². The Morgan fingerprint density at radius 1 is 0.565 bits per heavy atom. The van der Waals surface area contributed by atoms with Crippen LogP contribution in [-0.4, -0.2) is 34.2 Å². The van der Waals surface area contributed by atoms with Crippen molar-refractivity contribution in [3.63, 3.8) is 0 Å². The Labute approximate surface area is 144 Å². The Morgan fingerprint density at radius 3 is 1.57 bits per heavy atom. The van der Waals surface area contributed by atoms with Crippen molar-refractivity contribution >= 4 is 9.52 Å². The standard InChI is InChI=1S/C20H36O2Si/c1-3-7-17-15(5-1)9-11-19(17)21-13-23-14-22-20-12-10-16-6-2-4-8-18(16)20/h15-20H,1-14,23H2. The van der Waals surface area contributed by atoms with Gasteiger partial charge < -0.3 is 9.47 Å². The lowest BCUT2D eigenvalue weighted by Gasteiger charge is -2.30. The van der Waals surface area contributed by atoms with Crippen molar-refractivity contribution in [1.82, 2.24) is 0 Å². The highest BCUT2D eigenvalue weighted by Crippen LogP contribution is 2.44. The highest BCUT2D eigenvalue weighted by atomic mass is 28.2. The van der Waals surface area contributed by atoms with E-state index < -0.39 is 0 Å². The quantitative estimate of drug-likeness (QED) is 0.538. The highest BCUT2D eigenvalue weighted by Gasteiger charge is 2.39. The van der Waals surface area contributed by atoms with E-state index in [1.165, 1.54) is 77.0 Å². The van der Waals surface area contributed by atoms with E-state index in [0.29, 0.717) is 12.2 Å². The predicted octanol–water partition coefficient (Wildman–Crippen LogP) is 4.04. The van der Waals surface area contributed by atoms with Crippen LogP contribution in [0.4, 0.5) is 0 Å². The summed E-state index contributed by atoms with van der Waals surface area (Å²) in [4.78, 5) is 0. The number of hydrogen-bond donors (Lipinski definition) is 0. The lowest BCUT2D eigenvalue weighted by molar-refractivity contribution is 0.0228. The third kappa shape index (κ3) is 3.87. The van der Waals surface area contributed by atoms with Gasteiger partial charge in [0.1, 0.15) is 0 Å². The molecule has 0 heterocycles. The number of ether oxygens (including phenoxy) is 2. The fourth-order valence-corrected chi connectivity index (χ4v) is 7.35. The van der Waals surface area contributed by atoms with Crippen LogP contribution < -0.4 is 0 Å². The summed E-state index contributed by atoms with van der Waals surface area (Å²) in [6, 6.07) is 0. The lowest BCUT2D eigenvalue weighted by atomic mass is 9.81. The Morgan fingerprint density at radius 2 is 1.04 bits per heavy atom. The first-order valence-electron chi connectivity index (χ1n) is 10.6. The first-order valence-corrected chi connectivity index (χ1v) is 12.6. The van der Waals surface area contributed by atoms with Crippen molar-refractivity contribution in [2.24, 2.45) is 23.7 Å². The molecule has 0 bridgehead atoms. The second kappa shape index (κ2) is 8.01. The minimum atomic E-state index is -0.171. The number of hydrogen-bond acceptors (Lipinski definition) is 2. The van der Waals surface area contributed by atoms with E-state index in [1.54, 1.807) is 0 Å². The first kappa shape index (κ1) is 16.6. The van der Waals surface area contributed by atoms with Gasteiger partial charge in [0.15, 0.2) is 0 Å². The van der Waals surface area contributed by atoms with Crippen LogP contribution in [0, 0.1) is 23.7 Å². The Balaban J connectivity index is 1.12. The van der Waals surface area contributed by atoms with Crippen LogP contribution in [-0.2, 0) is 9.47 Å². The van der Waals surface area contributed by atoms with E-state index in [0.717, 1.165) is 36.1 Å². The van der Waals surface area contributed by atoms with E-state index >= 15 is 0 Å². The Hall–Kier alpha value is 0.137. The van der Waals surface area contributed by atoms with Gasteiger partial charge in [-0.3, -0.25) is 0 Å². The van der Waals surface area contributed by atoms with Crippen LogP contribution >= 0.6 is 0 Å². The van der Waals surface area contributed by atoms with Crippen molar-refractivity contribution in [3.05, 3.63) is 0 Å². The molecule has 0 aromatic carbocycles. The molecule has 0 radical (unpaired) electrons. The number of rotatable bonds is 6. The zero-order valence-electron chi connectivity index (χ0n) is 14.9. The Kier molecular flexibility index (Phi) is 5.78. The molecule has 2 nitrogen and oxygen atoms in total. The molecule has 3 heteroatoms. The van der Waals surface area contributed by atoms with Crippen LogP contribution in [0.25, 0.3) is 0 Å². The summed E-state index contributed by atoms with van der Waals surface area (Å²) in [7, 11) is -0.171. The van der Waals surface area contributed by atoms with E-state index in [-0.39, 0.29) is 9.52 Å². The molecule has 132 valence electrons. The van der Waals surface area contributed by atoms with Crippen molar-refractivity contribution in [2.75, 3.05) is 12.5 Å². The second-order valence-corrected chi connectivity index (χ2v) is 10.3. The third-order valence-corrected chi connectivity index (χ3v) is 8.54. The summed E-state index contributed by atoms with van der Waals surface area (Å²) in [5.74, 6) is 3.84. The largest absolute Gasteiger partial charge is 0.382 e. The molecule has 0 aromatic rings. The zero-order chi connectivity index (χ0) is 15.5. The van der Waals surface area contributed by atoms with Gasteiger partial charge in [0.2, 0.25) is 0 Å². The van der Waals surface area contributed by atoms with Gasteiger partial charge in [-0.15, -0.1) is 0 Å². The molecule has 0 spiro atoms. The van der Waals surface area contributed by atoms with Gasteiger partial charge in [0.25, 0.3) is 0 Å². The second-order valence-electron chi connectivity index (χ2n) is 8.74. The summed E-state index contributed by atoms with van der Waals surface area (Å²) in [5.41, 5.74) is 0. The monoisotopic (exact) mass is 336 g/mol. The molecule has 4 rings (SSSR count). The molecule has 0 aliphatic heterocycles. The summed E-state index contributed by atoms with van der Waals surface area (Å²) >= 11 is 0. The van der Waals surface area contributed by atoms with Gasteiger partial charge in [-0.1, -0.05) is 38.5 Å². The fraction of sp³-hybridized carbons (Fsp3) is 1.00. The average Bonchev–Trinajstić information content (AvgIpc) is 3.19. The normalized spacial score (nSPS) is 43.8. The van der Waals surface area contributed by atoms with Gasteiger partial charge in [-0.2, -0.15) is 0 Å². The lowest BCUT2D eigenvalue weighted by Crippen LogP contribution is -2.29. The van der Waals surface area contributed by atoms with Gasteiger partial charge in [-0.25, -0.2) is 0 Å². The van der Waals surface area contributed by atoms with Crippen molar-refractivity contribution in [3.8, 4) is 0 Å². The first-order chi connectivity index (χ1) is 11.4. The van der Waals surface area contributed by atoms with Crippen LogP contribution in [0.1, 0.15) is 77.0 Å². The molecular formula is C20H36O2Si. The summed E-state index contributed by atoms with van der Waals surface area (Å²) < 4.78 is 12.7. The molecule has 6 unspecified atom stereocenters. The van der Waals surface area contributed by atoms with Crippen molar-refractivity contribution < 1.29 is 9.47 Å². The maximum absolute atomic E-state index is 6.33. The zero-order valence-corrected chi connectivity index (χ0v) is 16.3. The smallest absolute Gasteiger partial charge is 0.0822 e. The SMILES string of the molecule is C1CCC2C(C1)CCC2OC[SiH2]COC1CCC2CCCCC21. The summed E-state index contributed by atoms with van der Waals surface area (Å²) in [6.07, 6.45) is 20.6. The Bertz CT molecular complexity index is 341. The van der Waals surface area contributed by atoms with Crippen LogP contribution in [0.2, 0.25) is 0 Å². The van der Waals surface area contributed by atoms with Gasteiger partial charge in [-0.05, 0) is 62.2 Å². The minimum absolute atomic E-state index is 0.171.